The first kappa shape index (κ1) is 12.9. The van der Waals surface area contributed by atoms with Crippen molar-refractivity contribution in [2.24, 2.45) is 11.3 Å². The second-order valence-corrected chi connectivity index (χ2v) is 5.99. The Kier molecular flexibility index (Phi) is 4.88. The van der Waals surface area contributed by atoms with E-state index in [0.717, 1.165) is 5.92 Å². The van der Waals surface area contributed by atoms with E-state index in [4.69, 9.17) is 0 Å². The van der Waals surface area contributed by atoms with E-state index in [1.54, 1.807) is 0 Å². The van der Waals surface area contributed by atoms with Crippen LogP contribution in [0.2, 0.25) is 0 Å². The van der Waals surface area contributed by atoms with Crippen LogP contribution in [0.3, 0.4) is 0 Å². The Hall–Kier alpha value is -0.520. The Morgan fingerprint density at radius 2 is 1.76 bits per heavy atom. The lowest BCUT2D eigenvalue weighted by atomic mass is 9.62. The highest BCUT2D eigenvalue weighted by Crippen LogP contribution is 2.48. The summed E-state index contributed by atoms with van der Waals surface area (Å²) in [7, 11) is 0. The van der Waals surface area contributed by atoms with E-state index < -0.39 is 0 Å². The summed E-state index contributed by atoms with van der Waals surface area (Å²) in [4.78, 5) is 0. The lowest BCUT2D eigenvalue weighted by Crippen LogP contribution is -2.32. The minimum atomic E-state index is 0.644. The lowest BCUT2D eigenvalue weighted by molar-refractivity contribution is 0.111. The smallest absolute Gasteiger partial charge is 0.0142 e. The van der Waals surface area contributed by atoms with Crippen LogP contribution in [0.15, 0.2) is 24.3 Å². The number of hydrogen-bond donors (Lipinski definition) is 0. The highest BCUT2D eigenvalue weighted by Gasteiger charge is 2.36. The average molecular weight is 232 g/mol. The molecule has 0 N–H and O–H groups in total. The van der Waals surface area contributed by atoms with Gasteiger partial charge in [0.15, 0.2) is 0 Å². The topological polar surface area (TPSA) is 0 Å². The molecule has 0 aromatic carbocycles. The molecule has 2 rings (SSSR count). The van der Waals surface area contributed by atoms with Crippen molar-refractivity contribution in [3.05, 3.63) is 24.3 Å². The summed E-state index contributed by atoms with van der Waals surface area (Å²) in [5.74, 6) is 0.819. The first-order valence-corrected chi connectivity index (χ1v) is 7.69. The van der Waals surface area contributed by atoms with Crippen molar-refractivity contribution in [2.45, 2.75) is 71.1 Å². The second-order valence-electron chi connectivity index (χ2n) is 5.99. The van der Waals surface area contributed by atoms with Crippen molar-refractivity contribution in [1.82, 2.24) is 0 Å². The third kappa shape index (κ3) is 3.24. The van der Waals surface area contributed by atoms with Gasteiger partial charge in [-0.1, -0.05) is 56.9 Å². The molecule has 0 aromatic rings. The van der Waals surface area contributed by atoms with Gasteiger partial charge in [-0.25, -0.2) is 0 Å². The molecule has 1 unspecified atom stereocenters. The maximum Gasteiger partial charge on any atom is -0.0142 e. The quantitative estimate of drug-likeness (QED) is 0.552. The van der Waals surface area contributed by atoms with Crippen molar-refractivity contribution in [3.8, 4) is 0 Å². The van der Waals surface area contributed by atoms with Gasteiger partial charge >= 0.3 is 0 Å². The second kappa shape index (κ2) is 6.42. The Balaban J connectivity index is 2.12. The monoisotopic (exact) mass is 232 g/mol. The molecule has 96 valence electrons. The number of hydrogen-bond acceptors (Lipinski definition) is 0. The molecular weight excluding hydrogens is 204 g/mol. The third-order valence-corrected chi connectivity index (χ3v) is 4.81. The highest BCUT2D eigenvalue weighted by molar-refractivity contribution is 5.05. The van der Waals surface area contributed by atoms with Crippen LogP contribution in [0.25, 0.3) is 0 Å². The van der Waals surface area contributed by atoms with E-state index in [9.17, 15) is 0 Å². The van der Waals surface area contributed by atoms with Gasteiger partial charge in [0, 0.05) is 0 Å². The van der Waals surface area contributed by atoms with Gasteiger partial charge in [0.05, 0.1) is 0 Å². The summed E-state index contributed by atoms with van der Waals surface area (Å²) in [6.45, 7) is 2.36. The summed E-state index contributed by atoms with van der Waals surface area (Å²) in [5, 5.41) is 0. The van der Waals surface area contributed by atoms with Crippen LogP contribution < -0.4 is 0 Å². The van der Waals surface area contributed by atoms with Crippen molar-refractivity contribution < 1.29 is 0 Å². The molecular formula is C17H28. The zero-order valence-electron chi connectivity index (χ0n) is 11.5. The average Bonchev–Trinajstić information content (AvgIpc) is 2.29. The van der Waals surface area contributed by atoms with E-state index in [1.165, 1.54) is 64.2 Å². The standard InChI is InChI=1S/C17H28/c1-2-13-17(14-9-6-10-15-17)16-11-7-4-3-5-8-12-16/h4,7-8,12,16H,2-3,5-6,9-11,13-15H2,1H3. The third-order valence-electron chi connectivity index (χ3n) is 4.81. The van der Waals surface area contributed by atoms with Crippen molar-refractivity contribution in [1.29, 1.82) is 0 Å². The molecule has 1 atom stereocenters. The highest BCUT2D eigenvalue weighted by atomic mass is 14.4. The van der Waals surface area contributed by atoms with Crippen molar-refractivity contribution in [2.75, 3.05) is 0 Å². The van der Waals surface area contributed by atoms with Gasteiger partial charge in [-0.2, -0.15) is 0 Å². The van der Waals surface area contributed by atoms with Gasteiger partial charge in [0.1, 0.15) is 0 Å². The number of allylic oxidation sites excluding steroid dienone is 4. The molecule has 17 heavy (non-hydrogen) atoms. The molecule has 0 aliphatic heterocycles. The molecule has 0 aromatic heterocycles. The molecule has 0 radical (unpaired) electrons. The molecule has 2 aliphatic carbocycles. The SMILES string of the molecule is CCCC1(C2C=CCCC=CC2)CCCCC1. The molecule has 0 amide bonds. The molecule has 0 heteroatoms. The van der Waals surface area contributed by atoms with Gasteiger partial charge in [0.25, 0.3) is 0 Å². The summed E-state index contributed by atoms with van der Waals surface area (Å²) in [6, 6.07) is 0. The minimum Gasteiger partial charge on any atom is -0.0882 e. The molecule has 1 saturated carbocycles. The van der Waals surface area contributed by atoms with E-state index in [-0.39, 0.29) is 0 Å². The summed E-state index contributed by atoms with van der Waals surface area (Å²) in [5.41, 5.74) is 0.644. The van der Waals surface area contributed by atoms with Gasteiger partial charge in [-0.15, -0.1) is 0 Å². The normalized spacial score (nSPS) is 28.6. The first-order valence-electron chi connectivity index (χ1n) is 7.69. The fourth-order valence-corrected chi connectivity index (χ4v) is 3.91. The van der Waals surface area contributed by atoms with Gasteiger partial charge in [-0.05, 0) is 49.9 Å². The Labute approximate surface area is 107 Å². The maximum atomic E-state index is 2.56. The molecule has 0 bridgehead atoms. The van der Waals surface area contributed by atoms with Crippen LogP contribution in [-0.2, 0) is 0 Å². The minimum absolute atomic E-state index is 0.644. The summed E-state index contributed by atoms with van der Waals surface area (Å²) in [6.07, 6.45) is 23.8. The van der Waals surface area contributed by atoms with Crippen LogP contribution in [0, 0.1) is 11.3 Å². The van der Waals surface area contributed by atoms with E-state index in [1.807, 2.05) is 0 Å². The molecule has 2 aliphatic rings. The van der Waals surface area contributed by atoms with Gasteiger partial charge < -0.3 is 0 Å². The van der Waals surface area contributed by atoms with Gasteiger partial charge in [-0.3, -0.25) is 0 Å². The summed E-state index contributed by atoms with van der Waals surface area (Å²) < 4.78 is 0. The van der Waals surface area contributed by atoms with Crippen LogP contribution in [0.5, 0.6) is 0 Å². The zero-order valence-corrected chi connectivity index (χ0v) is 11.5. The van der Waals surface area contributed by atoms with Crippen LogP contribution in [0.1, 0.15) is 71.1 Å². The first-order chi connectivity index (χ1) is 8.37. The molecule has 1 fully saturated rings. The lowest BCUT2D eigenvalue weighted by Gasteiger charge is -2.43. The zero-order chi connectivity index (χ0) is 12.0. The predicted octanol–water partition coefficient (Wildman–Crippen LogP) is 5.65. The fourth-order valence-electron chi connectivity index (χ4n) is 3.91. The van der Waals surface area contributed by atoms with Crippen LogP contribution in [-0.4, -0.2) is 0 Å². The van der Waals surface area contributed by atoms with Crippen molar-refractivity contribution in [3.63, 3.8) is 0 Å². The Morgan fingerprint density at radius 3 is 2.53 bits per heavy atom. The predicted molar refractivity (Wildman–Crippen MR) is 76.0 cm³/mol. The molecule has 0 spiro atoms. The molecule has 0 saturated heterocycles. The van der Waals surface area contributed by atoms with Crippen LogP contribution in [0.4, 0.5) is 0 Å². The van der Waals surface area contributed by atoms with Crippen LogP contribution >= 0.6 is 0 Å². The maximum absolute atomic E-state index is 2.56. The Bertz CT molecular complexity index is 260. The molecule has 0 heterocycles. The van der Waals surface area contributed by atoms with E-state index >= 15 is 0 Å². The van der Waals surface area contributed by atoms with Gasteiger partial charge in [0.2, 0.25) is 0 Å². The van der Waals surface area contributed by atoms with E-state index in [2.05, 4.69) is 31.2 Å². The molecule has 0 nitrogen and oxygen atoms in total. The number of rotatable bonds is 3. The Morgan fingerprint density at radius 1 is 1.00 bits per heavy atom. The van der Waals surface area contributed by atoms with Crippen molar-refractivity contribution >= 4 is 0 Å². The summed E-state index contributed by atoms with van der Waals surface area (Å²) >= 11 is 0. The van der Waals surface area contributed by atoms with E-state index in [0.29, 0.717) is 5.41 Å². The largest absolute Gasteiger partial charge is 0.0882 e. The fraction of sp³-hybridized carbons (Fsp3) is 0.765.